The summed E-state index contributed by atoms with van der Waals surface area (Å²) in [5, 5.41) is 0. The lowest BCUT2D eigenvalue weighted by Gasteiger charge is -2.37. The Balaban J connectivity index is 1.58. The van der Waals surface area contributed by atoms with E-state index in [-0.39, 0.29) is 17.5 Å². The second-order valence-corrected chi connectivity index (χ2v) is 10.9. The van der Waals surface area contributed by atoms with Gasteiger partial charge in [-0.15, -0.1) is 0 Å². The van der Waals surface area contributed by atoms with Crippen LogP contribution in [0.5, 0.6) is 5.75 Å². The van der Waals surface area contributed by atoms with E-state index in [4.69, 9.17) is 4.74 Å². The predicted octanol–water partition coefficient (Wildman–Crippen LogP) is 4.46. The van der Waals surface area contributed by atoms with E-state index in [2.05, 4.69) is 22.9 Å². The first kappa shape index (κ1) is 23.6. The number of benzene rings is 3. The van der Waals surface area contributed by atoms with Crippen molar-refractivity contribution in [3.8, 4) is 5.75 Å². The molecule has 2 aliphatic heterocycles. The zero-order valence-corrected chi connectivity index (χ0v) is 21.0. The van der Waals surface area contributed by atoms with Gasteiger partial charge in [-0.2, -0.15) is 0 Å². The molecule has 182 valence electrons. The molecule has 0 N–H and O–H groups in total. The summed E-state index contributed by atoms with van der Waals surface area (Å²) in [7, 11) is -1.70. The van der Waals surface area contributed by atoms with Crippen LogP contribution >= 0.6 is 0 Å². The third kappa shape index (κ3) is 4.72. The van der Waals surface area contributed by atoms with Crippen LogP contribution in [0.15, 0.2) is 95.5 Å². The second-order valence-electron chi connectivity index (χ2n) is 9.14. The van der Waals surface area contributed by atoms with Crippen molar-refractivity contribution < 1.29 is 13.2 Å². The lowest BCUT2D eigenvalue weighted by molar-refractivity contribution is 0.127. The fraction of sp³-hybridized carbons (Fsp3) is 0.286. The lowest BCUT2D eigenvalue weighted by Crippen LogP contribution is -2.46. The van der Waals surface area contributed by atoms with Crippen molar-refractivity contribution in [2.24, 2.45) is 0 Å². The molecule has 1 atom stereocenters. The Morgan fingerprint density at radius 1 is 0.886 bits per heavy atom. The zero-order valence-electron chi connectivity index (χ0n) is 20.2. The molecule has 0 amide bonds. The normalized spacial score (nSPS) is 20.2. The number of anilines is 1. The number of sulfonamides is 1. The highest BCUT2D eigenvalue weighted by Crippen LogP contribution is 2.48. The van der Waals surface area contributed by atoms with Crippen molar-refractivity contribution >= 4 is 15.7 Å². The molecule has 5 rings (SSSR count). The van der Waals surface area contributed by atoms with Gasteiger partial charge in [-0.1, -0.05) is 54.1 Å². The molecule has 2 aliphatic rings. The van der Waals surface area contributed by atoms with E-state index in [0.717, 1.165) is 48.8 Å². The summed E-state index contributed by atoms with van der Waals surface area (Å²) in [4.78, 5) is 4.98. The van der Waals surface area contributed by atoms with Crippen molar-refractivity contribution in [3.63, 3.8) is 0 Å². The number of aryl methyl sites for hydroxylation is 1. The highest BCUT2D eigenvalue weighted by molar-refractivity contribution is 7.93. The van der Waals surface area contributed by atoms with Gasteiger partial charge < -0.3 is 9.64 Å². The van der Waals surface area contributed by atoms with Gasteiger partial charge in [-0.25, -0.2) is 12.7 Å². The molecule has 35 heavy (non-hydrogen) atoms. The number of ether oxygens (including phenoxy) is 1. The van der Waals surface area contributed by atoms with E-state index < -0.39 is 10.0 Å². The summed E-state index contributed by atoms with van der Waals surface area (Å²) in [5.41, 5.74) is 3.47. The number of fused-ring (bicyclic) bond motifs is 1. The van der Waals surface area contributed by atoms with Crippen LogP contribution in [0.25, 0.3) is 0 Å². The Kier molecular flexibility index (Phi) is 6.65. The molecule has 7 heteroatoms. The summed E-state index contributed by atoms with van der Waals surface area (Å²) in [5.74, 6) is 0.754. The van der Waals surface area contributed by atoms with Crippen molar-refractivity contribution in [2.75, 3.05) is 44.1 Å². The highest BCUT2D eigenvalue weighted by Gasteiger charge is 2.43. The molecule has 3 aromatic carbocycles. The quantitative estimate of drug-likeness (QED) is 0.512. The van der Waals surface area contributed by atoms with E-state index in [1.807, 2.05) is 73.7 Å². The average molecular weight is 490 g/mol. The van der Waals surface area contributed by atoms with E-state index in [1.54, 1.807) is 12.1 Å². The number of rotatable bonds is 6. The summed E-state index contributed by atoms with van der Waals surface area (Å²) in [6, 6.07) is 24.4. The fourth-order valence-electron chi connectivity index (χ4n) is 4.80. The van der Waals surface area contributed by atoms with Gasteiger partial charge >= 0.3 is 0 Å². The Bertz CT molecular complexity index is 1300. The van der Waals surface area contributed by atoms with Crippen LogP contribution in [0.2, 0.25) is 0 Å². The van der Waals surface area contributed by atoms with Gasteiger partial charge in [-0.05, 0) is 50.4 Å². The Morgan fingerprint density at radius 3 is 2.26 bits per heavy atom. The number of hydrogen-bond acceptors (Lipinski definition) is 5. The van der Waals surface area contributed by atoms with Crippen LogP contribution in [0.3, 0.4) is 0 Å². The molecule has 0 aliphatic carbocycles. The maximum atomic E-state index is 14.0. The van der Waals surface area contributed by atoms with Crippen LogP contribution in [0, 0.1) is 6.92 Å². The first-order valence-corrected chi connectivity index (χ1v) is 13.4. The van der Waals surface area contributed by atoms with Gasteiger partial charge in [0.25, 0.3) is 10.0 Å². The van der Waals surface area contributed by atoms with Crippen molar-refractivity contribution in [3.05, 3.63) is 102 Å². The lowest BCUT2D eigenvalue weighted by atomic mass is 10.0. The molecule has 1 fully saturated rings. The number of piperazine rings is 1. The molecular formula is C28H31N3O3S. The second kappa shape index (κ2) is 9.85. The van der Waals surface area contributed by atoms with E-state index >= 15 is 0 Å². The average Bonchev–Trinajstić information content (AvgIpc) is 3.20. The van der Waals surface area contributed by atoms with Gasteiger partial charge in [0.1, 0.15) is 12.4 Å². The first-order valence-electron chi connectivity index (χ1n) is 12.0. The van der Waals surface area contributed by atoms with Crippen LogP contribution < -0.4 is 9.04 Å². The minimum absolute atomic E-state index is 0.153. The fourth-order valence-corrected chi connectivity index (χ4v) is 6.36. The van der Waals surface area contributed by atoms with Gasteiger partial charge in [0.05, 0.1) is 22.3 Å². The maximum Gasteiger partial charge on any atom is 0.268 e. The first-order chi connectivity index (χ1) is 16.9. The molecule has 1 saturated heterocycles. The van der Waals surface area contributed by atoms with Crippen LogP contribution in [-0.4, -0.2) is 58.1 Å². The molecular weight excluding hydrogens is 458 g/mol. The molecule has 0 saturated carbocycles. The molecule has 0 bridgehead atoms. The van der Waals surface area contributed by atoms with Gasteiger partial charge in [0.2, 0.25) is 0 Å². The third-order valence-corrected chi connectivity index (χ3v) is 8.47. The largest absolute Gasteiger partial charge is 0.489 e. The smallest absolute Gasteiger partial charge is 0.268 e. The zero-order chi connectivity index (χ0) is 24.4. The number of likely N-dealkylation sites (N-methyl/N-ethyl adjacent to an activating group) is 1. The summed E-state index contributed by atoms with van der Waals surface area (Å²) in [6.45, 7) is 5.85. The highest BCUT2D eigenvalue weighted by atomic mass is 32.2. The van der Waals surface area contributed by atoms with Crippen molar-refractivity contribution in [1.29, 1.82) is 0 Å². The molecule has 2 heterocycles. The molecule has 3 aromatic rings. The van der Waals surface area contributed by atoms with Gasteiger partial charge in [0.15, 0.2) is 0 Å². The Morgan fingerprint density at radius 2 is 1.54 bits per heavy atom. The maximum absolute atomic E-state index is 14.0. The van der Waals surface area contributed by atoms with Crippen LogP contribution in [-0.2, 0) is 10.0 Å². The molecule has 0 aromatic heterocycles. The predicted molar refractivity (Wildman–Crippen MR) is 139 cm³/mol. The molecule has 6 nitrogen and oxygen atoms in total. The summed E-state index contributed by atoms with van der Waals surface area (Å²) in [6.07, 6.45) is 1.93. The van der Waals surface area contributed by atoms with Crippen molar-refractivity contribution in [2.45, 2.75) is 17.9 Å². The minimum Gasteiger partial charge on any atom is -0.489 e. The number of para-hydroxylation sites is 2. The molecule has 0 spiro atoms. The molecule has 1 unspecified atom stereocenters. The number of nitrogens with zero attached hydrogens (tertiary/aromatic N) is 3. The number of hydrogen-bond donors (Lipinski definition) is 0. The monoisotopic (exact) mass is 489 g/mol. The van der Waals surface area contributed by atoms with Gasteiger partial charge in [0, 0.05) is 31.7 Å². The van der Waals surface area contributed by atoms with Crippen molar-refractivity contribution in [1.82, 2.24) is 9.80 Å². The SMILES string of the molecule is Cc1ccc(S(=O)(=O)N2C(=CCOc3ccccc3)C(N3CCN(C)CC3)c3ccccc32)cc1. The van der Waals surface area contributed by atoms with E-state index in [0.29, 0.717) is 5.69 Å². The van der Waals surface area contributed by atoms with Crippen LogP contribution in [0.1, 0.15) is 17.2 Å². The third-order valence-electron chi connectivity index (χ3n) is 6.71. The Hall–Kier alpha value is -3.13. The molecule has 0 radical (unpaired) electrons. The van der Waals surface area contributed by atoms with E-state index in [1.165, 1.54) is 4.31 Å². The summed E-state index contributed by atoms with van der Waals surface area (Å²) >= 11 is 0. The standard InChI is InChI=1S/C28H31N3O3S/c1-22-12-14-24(15-13-22)35(32,33)31-26-11-7-6-10-25(26)28(30-19-17-29(2)18-20-30)27(31)16-21-34-23-8-4-3-5-9-23/h3-16,28H,17-21H2,1-2H3. The van der Waals surface area contributed by atoms with Gasteiger partial charge in [-0.3, -0.25) is 4.90 Å². The summed E-state index contributed by atoms with van der Waals surface area (Å²) < 4.78 is 35.6. The minimum atomic E-state index is -3.82. The van der Waals surface area contributed by atoms with E-state index in [9.17, 15) is 8.42 Å². The van der Waals surface area contributed by atoms with Crippen LogP contribution in [0.4, 0.5) is 5.69 Å². The Labute approximate surface area is 208 Å². The topological polar surface area (TPSA) is 53.1 Å².